The maximum atomic E-state index is 6.33. The largest absolute Gasteiger partial charge is 0.490 e. The molecule has 1 N–H and O–H groups in total. The summed E-state index contributed by atoms with van der Waals surface area (Å²) in [5.74, 6) is 1.60. The first kappa shape index (κ1) is 17.6. The van der Waals surface area contributed by atoms with Gasteiger partial charge in [-0.05, 0) is 30.5 Å². The van der Waals surface area contributed by atoms with E-state index in [0.717, 1.165) is 10.7 Å². The number of thiazole rings is 1. The molecule has 0 bridgehead atoms. The van der Waals surface area contributed by atoms with Crippen molar-refractivity contribution in [2.45, 2.75) is 20.8 Å². The van der Waals surface area contributed by atoms with Gasteiger partial charge in [-0.3, -0.25) is 5.43 Å². The van der Waals surface area contributed by atoms with E-state index in [2.05, 4.69) is 29.4 Å². The highest BCUT2D eigenvalue weighted by Crippen LogP contribution is 2.36. The van der Waals surface area contributed by atoms with Crippen LogP contribution < -0.4 is 14.9 Å². The molecule has 0 atom stereocenters. The average Bonchev–Trinajstić information content (AvgIpc) is 3.00. The minimum atomic E-state index is 0.407. The van der Waals surface area contributed by atoms with Gasteiger partial charge in [0.25, 0.3) is 0 Å². The van der Waals surface area contributed by atoms with Gasteiger partial charge in [0.1, 0.15) is 0 Å². The fraction of sp³-hybridized carbons (Fsp3) is 0.375. The van der Waals surface area contributed by atoms with Crippen molar-refractivity contribution in [1.82, 2.24) is 4.98 Å². The lowest BCUT2D eigenvalue weighted by Crippen LogP contribution is -2.07. The third-order valence-electron chi connectivity index (χ3n) is 2.70. The number of hydrazone groups is 1. The van der Waals surface area contributed by atoms with Crippen LogP contribution in [0.5, 0.6) is 11.5 Å². The number of nitrogens with one attached hydrogen (secondary N) is 1. The van der Waals surface area contributed by atoms with E-state index in [9.17, 15) is 0 Å². The number of rotatable bonds is 8. The molecule has 0 amide bonds. The molecule has 0 saturated heterocycles. The SMILES string of the molecule is CCOc1cc(/C=N\Nc2nccs2)cc(Cl)c1OCC(C)C. The van der Waals surface area contributed by atoms with E-state index in [0.29, 0.717) is 35.7 Å². The van der Waals surface area contributed by atoms with Gasteiger partial charge in [-0.2, -0.15) is 5.10 Å². The second kappa shape index (κ2) is 8.74. The van der Waals surface area contributed by atoms with Crippen molar-refractivity contribution >= 4 is 34.3 Å². The third-order valence-corrected chi connectivity index (χ3v) is 3.66. The molecule has 0 fully saturated rings. The van der Waals surface area contributed by atoms with Crippen LogP contribution in [0.25, 0.3) is 0 Å². The van der Waals surface area contributed by atoms with Crippen molar-refractivity contribution in [3.63, 3.8) is 0 Å². The van der Waals surface area contributed by atoms with Crippen LogP contribution in [0.4, 0.5) is 5.13 Å². The zero-order valence-electron chi connectivity index (χ0n) is 13.4. The van der Waals surface area contributed by atoms with Crippen molar-refractivity contribution in [1.29, 1.82) is 0 Å². The van der Waals surface area contributed by atoms with Gasteiger partial charge in [0.15, 0.2) is 11.5 Å². The van der Waals surface area contributed by atoms with Gasteiger partial charge in [0.2, 0.25) is 5.13 Å². The highest BCUT2D eigenvalue weighted by Gasteiger charge is 2.12. The minimum absolute atomic E-state index is 0.407. The average molecular weight is 354 g/mol. The first-order valence-corrected chi connectivity index (χ1v) is 8.63. The fourth-order valence-corrected chi connectivity index (χ4v) is 2.51. The van der Waals surface area contributed by atoms with Gasteiger partial charge >= 0.3 is 0 Å². The van der Waals surface area contributed by atoms with Gasteiger partial charge in [0.05, 0.1) is 24.5 Å². The Morgan fingerprint density at radius 1 is 1.39 bits per heavy atom. The van der Waals surface area contributed by atoms with Crippen molar-refractivity contribution in [2.75, 3.05) is 18.6 Å². The lowest BCUT2D eigenvalue weighted by Gasteiger charge is -2.15. The van der Waals surface area contributed by atoms with Crippen molar-refractivity contribution in [3.8, 4) is 11.5 Å². The van der Waals surface area contributed by atoms with Crippen LogP contribution in [0.15, 0.2) is 28.8 Å². The molecule has 0 aliphatic heterocycles. The Kier molecular flexibility index (Phi) is 6.67. The highest BCUT2D eigenvalue weighted by molar-refractivity contribution is 7.13. The van der Waals surface area contributed by atoms with E-state index in [1.165, 1.54) is 11.3 Å². The smallest absolute Gasteiger partial charge is 0.203 e. The molecule has 1 aromatic heterocycles. The minimum Gasteiger partial charge on any atom is -0.490 e. The van der Waals surface area contributed by atoms with Crippen molar-refractivity contribution in [2.24, 2.45) is 11.0 Å². The molecule has 7 heteroatoms. The van der Waals surface area contributed by atoms with Crippen LogP contribution in [-0.2, 0) is 0 Å². The Morgan fingerprint density at radius 2 is 2.22 bits per heavy atom. The first-order chi connectivity index (χ1) is 11.1. The quantitative estimate of drug-likeness (QED) is 0.553. The molecule has 0 saturated carbocycles. The van der Waals surface area contributed by atoms with Gasteiger partial charge in [-0.1, -0.05) is 25.4 Å². The normalized spacial score (nSPS) is 11.2. The summed E-state index contributed by atoms with van der Waals surface area (Å²) in [5, 5.41) is 7.26. The summed E-state index contributed by atoms with van der Waals surface area (Å²) in [4.78, 5) is 4.09. The Morgan fingerprint density at radius 3 is 2.87 bits per heavy atom. The number of nitrogens with zero attached hydrogens (tertiary/aromatic N) is 2. The highest BCUT2D eigenvalue weighted by atomic mass is 35.5. The molecule has 2 aromatic rings. The number of halogens is 1. The predicted molar refractivity (Wildman–Crippen MR) is 96.3 cm³/mol. The number of hydrogen-bond acceptors (Lipinski definition) is 6. The number of anilines is 1. The maximum absolute atomic E-state index is 6.33. The number of aromatic nitrogens is 1. The molecular weight excluding hydrogens is 334 g/mol. The summed E-state index contributed by atoms with van der Waals surface area (Å²) in [7, 11) is 0. The van der Waals surface area contributed by atoms with Crippen molar-refractivity contribution < 1.29 is 9.47 Å². The molecule has 0 unspecified atom stereocenters. The van der Waals surface area contributed by atoms with Gasteiger partial charge in [0, 0.05) is 11.6 Å². The number of hydrogen-bond donors (Lipinski definition) is 1. The van der Waals surface area contributed by atoms with E-state index in [1.807, 2.05) is 18.4 Å². The summed E-state index contributed by atoms with van der Waals surface area (Å²) in [5.41, 5.74) is 3.68. The number of benzene rings is 1. The van der Waals surface area contributed by atoms with E-state index in [-0.39, 0.29) is 0 Å². The zero-order chi connectivity index (χ0) is 16.7. The van der Waals surface area contributed by atoms with Gasteiger partial charge < -0.3 is 9.47 Å². The van der Waals surface area contributed by atoms with Crippen LogP contribution in [0.2, 0.25) is 5.02 Å². The van der Waals surface area contributed by atoms with E-state index in [1.54, 1.807) is 18.5 Å². The maximum Gasteiger partial charge on any atom is 0.203 e. The molecule has 23 heavy (non-hydrogen) atoms. The van der Waals surface area contributed by atoms with E-state index in [4.69, 9.17) is 21.1 Å². The summed E-state index contributed by atoms with van der Waals surface area (Å²) >= 11 is 7.81. The van der Waals surface area contributed by atoms with E-state index >= 15 is 0 Å². The lowest BCUT2D eigenvalue weighted by molar-refractivity contribution is 0.248. The molecule has 1 heterocycles. The predicted octanol–water partition coefficient (Wildman–Crippen LogP) is 4.68. The number of ether oxygens (including phenoxy) is 2. The van der Waals surface area contributed by atoms with Gasteiger partial charge in [-0.15, -0.1) is 11.3 Å². The Bertz CT molecular complexity index is 645. The molecule has 0 aliphatic rings. The fourth-order valence-electron chi connectivity index (χ4n) is 1.76. The monoisotopic (exact) mass is 353 g/mol. The topological polar surface area (TPSA) is 55.7 Å². The zero-order valence-corrected chi connectivity index (χ0v) is 14.9. The Balaban J connectivity index is 2.15. The molecule has 5 nitrogen and oxygen atoms in total. The Labute approximate surface area is 145 Å². The van der Waals surface area contributed by atoms with Crippen LogP contribution in [-0.4, -0.2) is 24.4 Å². The molecule has 1 aromatic carbocycles. The standard InChI is InChI=1S/C16H20ClN3O2S/c1-4-21-14-8-12(9-19-20-16-18-5-6-23-16)7-13(17)15(14)22-10-11(2)3/h5-9,11H,4,10H2,1-3H3,(H,18,20)/b19-9-. The molecule has 2 rings (SSSR count). The lowest BCUT2D eigenvalue weighted by atomic mass is 10.2. The van der Waals surface area contributed by atoms with Gasteiger partial charge in [-0.25, -0.2) is 4.98 Å². The first-order valence-electron chi connectivity index (χ1n) is 7.37. The summed E-state index contributed by atoms with van der Waals surface area (Å²) in [6.07, 6.45) is 3.38. The molecule has 0 aliphatic carbocycles. The second-order valence-corrected chi connectivity index (χ2v) is 6.48. The van der Waals surface area contributed by atoms with Crippen LogP contribution in [0.1, 0.15) is 26.3 Å². The van der Waals surface area contributed by atoms with Crippen LogP contribution >= 0.6 is 22.9 Å². The van der Waals surface area contributed by atoms with E-state index < -0.39 is 0 Å². The molecule has 0 spiro atoms. The van der Waals surface area contributed by atoms with Crippen molar-refractivity contribution in [3.05, 3.63) is 34.3 Å². The molecule has 124 valence electrons. The summed E-state index contributed by atoms with van der Waals surface area (Å²) < 4.78 is 11.4. The summed E-state index contributed by atoms with van der Waals surface area (Å²) in [6, 6.07) is 3.66. The van der Waals surface area contributed by atoms with Crippen LogP contribution in [0, 0.1) is 5.92 Å². The Hall–Kier alpha value is -1.79. The molecule has 0 radical (unpaired) electrons. The third kappa shape index (κ3) is 5.41. The van der Waals surface area contributed by atoms with Crippen LogP contribution in [0.3, 0.4) is 0 Å². The summed E-state index contributed by atoms with van der Waals surface area (Å²) in [6.45, 7) is 7.20. The second-order valence-electron chi connectivity index (χ2n) is 5.18. The molecular formula is C16H20ClN3O2S.